The van der Waals surface area contributed by atoms with Crippen molar-refractivity contribution in [3.63, 3.8) is 0 Å². The summed E-state index contributed by atoms with van der Waals surface area (Å²) in [6.45, 7) is 12.7. The van der Waals surface area contributed by atoms with E-state index in [1.807, 2.05) is 30.0 Å². The van der Waals surface area contributed by atoms with Crippen molar-refractivity contribution < 1.29 is 38.6 Å². The number of benzene rings is 2. The Labute approximate surface area is 484 Å². The Morgan fingerprint density at radius 1 is 0.827 bits per heavy atom. The lowest BCUT2D eigenvalue weighted by Crippen LogP contribution is -2.55. The van der Waals surface area contributed by atoms with Gasteiger partial charge in [0.15, 0.2) is 5.78 Å². The number of unbranched alkanes of at least 4 members (excludes halogenated alkanes) is 4. The summed E-state index contributed by atoms with van der Waals surface area (Å²) < 4.78 is 7.43. The highest BCUT2D eigenvalue weighted by molar-refractivity contribution is 8.00. The van der Waals surface area contributed by atoms with Crippen LogP contribution in [0, 0.1) is 35.0 Å². The number of aliphatic hydroxyl groups is 1. The number of aliphatic hydroxyl groups excluding tert-OH is 1. The summed E-state index contributed by atoms with van der Waals surface area (Å²) in [6.07, 6.45) is 18.3. The predicted molar refractivity (Wildman–Crippen MR) is 316 cm³/mol. The molecule has 15 nitrogen and oxygen atoms in total. The van der Waals surface area contributed by atoms with Crippen molar-refractivity contribution in [1.82, 2.24) is 36.8 Å². The Morgan fingerprint density at radius 3 is 2.31 bits per heavy atom. The van der Waals surface area contributed by atoms with Crippen LogP contribution in [-0.4, -0.2) is 131 Å². The van der Waals surface area contributed by atoms with Gasteiger partial charge in [-0.25, -0.2) is 4.79 Å². The van der Waals surface area contributed by atoms with Gasteiger partial charge in [-0.2, -0.15) is 11.8 Å². The average Bonchev–Trinajstić information content (AvgIpc) is 4.43. The van der Waals surface area contributed by atoms with Crippen LogP contribution in [0.2, 0.25) is 0 Å². The molecule has 2 aromatic rings. The molecule has 16 heteroatoms. The van der Waals surface area contributed by atoms with Gasteiger partial charge in [0.2, 0.25) is 17.7 Å². The van der Waals surface area contributed by atoms with Crippen LogP contribution in [0.4, 0.5) is 4.79 Å². The van der Waals surface area contributed by atoms with Gasteiger partial charge in [0, 0.05) is 85.2 Å². The van der Waals surface area contributed by atoms with Crippen molar-refractivity contribution in [1.29, 1.82) is 0 Å². The molecule has 6 fully saturated rings. The lowest BCUT2D eigenvalue weighted by Gasteiger charge is -2.49. The number of hydrogen-bond acceptors (Lipinski definition) is 10. The number of nitrogens with one attached hydrogen (secondary N) is 6. The number of piperidine rings is 1. The van der Waals surface area contributed by atoms with Gasteiger partial charge in [-0.3, -0.25) is 28.9 Å². The lowest BCUT2D eigenvalue weighted by molar-refractivity contribution is -0.123. The molecule has 0 bridgehead atoms. The van der Waals surface area contributed by atoms with Gasteiger partial charge in [0.25, 0.3) is 5.91 Å². The van der Waals surface area contributed by atoms with Crippen molar-refractivity contribution in [2.24, 2.45) is 35.0 Å². The number of amides is 6. The summed E-state index contributed by atoms with van der Waals surface area (Å²) in [5, 5.41) is 29.3. The van der Waals surface area contributed by atoms with E-state index in [9.17, 15) is 33.9 Å². The molecule has 4 aliphatic heterocycles. The maximum absolute atomic E-state index is 14.2. The first-order valence-electron chi connectivity index (χ1n) is 31.1. The number of rotatable bonds is 24. The smallest absolute Gasteiger partial charge is 0.315 e. The van der Waals surface area contributed by atoms with E-state index >= 15 is 0 Å². The van der Waals surface area contributed by atoms with Crippen molar-refractivity contribution in [3.8, 4) is 0 Å². The lowest BCUT2D eigenvalue weighted by atomic mass is 9.56. The molecule has 7 N–H and O–H groups in total. The third-order valence-corrected chi connectivity index (χ3v) is 22.1. The monoisotopic (exact) mass is 1130 g/mol. The summed E-state index contributed by atoms with van der Waals surface area (Å²) in [4.78, 5) is 80.7. The molecule has 81 heavy (non-hydrogen) atoms. The number of allylic oxidation sites excluding steroid dienone is 2. The van der Waals surface area contributed by atoms with Gasteiger partial charge >= 0.3 is 6.03 Å². The molecular formula is C65H91N7O8S. The van der Waals surface area contributed by atoms with Crippen LogP contribution in [-0.2, 0) is 19.1 Å². The summed E-state index contributed by atoms with van der Waals surface area (Å²) in [6, 6.07) is 15.3. The Kier molecular flexibility index (Phi) is 19.2. The number of thioether (sulfide) groups is 1. The van der Waals surface area contributed by atoms with E-state index in [4.69, 9.17) is 4.74 Å². The fourth-order valence-corrected chi connectivity index (χ4v) is 17.7. The predicted octanol–water partition coefficient (Wildman–Crippen LogP) is 8.55. The first kappa shape index (κ1) is 59.1. The van der Waals surface area contributed by atoms with Crippen LogP contribution in [0.3, 0.4) is 0 Å². The number of fused-ring (bicyclic) bond motifs is 7. The summed E-state index contributed by atoms with van der Waals surface area (Å²) in [7, 11) is 0. The molecule has 4 aliphatic carbocycles. The molecular weight excluding hydrogens is 1040 g/mol. The second-order valence-corrected chi connectivity index (χ2v) is 26.9. The Bertz CT molecular complexity index is 2670. The molecule has 2 aromatic carbocycles. The summed E-state index contributed by atoms with van der Waals surface area (Å²) in [5.74, 6) is 2.82. The molecule has 4 heterocycles. The fraction of sp³-hybridized carbons (Fsp3) is 0.662. The Hall–Kier alpha value is -5.03. The van der Waals surface area contributed by atoms with E-state index in [1.54, 1.807) is 42.0 Å². The number of hydrogen-bond donors (Lipinski definition) is 7. The number of ketones is 1. The largest absolute Gasteiger partial charge is 0.393 e. The highest BCUT2D eigenvalue weighted by Gasteiger charge is 2.61. The topological polar surface area (TPSA) is 207 Å². The molecule has 440 valence electrons. The van der Waals surface area contributed by atoms with Gasteiger partial charge < -0.3 is 41.7 Å². The van der Waals surface area contributed by atoms with Crippen LogP contribution in [0.25, 0.3) is 0 Å². The van der Waals surface area contributed by atoms with Gasteiger partial charge in [0.05, 0.1) is 29.9 Å². The van der Waals surface area contributed by atoms with Crippen LogP contribution < -0.4 is 31.9 Å². The highest BCUT2D eigenvalue weighted by Crippen LogP contribution is 2.65. The van der Waals surface area contributed by atoms with E-state index in [-0.39, 0.29) is 76.8 Å². The van der Waals surface area contributed by atoms with E-state index < -0.39 is 11.9 Å². The van der Waals surface area contributed by atoms with Crippen molar-refractivity contribution in [2.75, 3.05) is 38.5 Å². The summed E-state index contributed by atoms with van der Waals surface area (Å²) in [5.41, 5.74) is 5.91. The quantitative estimate of drug-likeness (QED) is 0.0231. The molecule has 8 aliphatic rings. The van der Waals surface area contributed by atoms with E-state index in [1.165, 1.54) is 11.1 Å². The van der Waals surface area contributed by atoms with Gasteiger partial charge in [-0.15, -0.1) is 0 Å². The zero-order valence-electron chi connectivity index (χ0n) is 48.5. The molecule has 14 atom stereocenters. The highest BCUT2D eigenvalue weighted by atomic mass is 32.2. The normalized spacial score (nSPS) is 32.3. The molecule has 4 saturated heterocycles. The minimum atomic E-state index is -0.810. The van der Waals surface area contributed by atoms with Crippen molar-refractivity contribution in [2.45, 2.75) is 197 Å². The van der Waals surface area contributed by atoms with Crippen LogP contribution >= 0.6 is 11.8 Å². The van der Waals surface area contributed by atoms with Crippen molar-refractivity contribution in [3.05, 3.63) is 94.1 Å². The Balaban J connectivity index is 0.685. The first-order valence-corrected chi connectivity index (χ1v) is 32.2. The molecule has 1 spiro atoms. The van der Waals surface area contributed by atoms with Gasteiger partial charge in [-0.1, -0.05) is 93.3 Å². The van der Waals surface area contributed by atoms with Crippen LogP contribution in [0.1, 0.15) is 176 Å². The fourth-order valence-electron chi connectivity index (χ4n) is 16.2. The Morgan fingerprint density at radius 2 is 1.54 bits per heavy atom. The second-order valence-electron chi connectivity index (χ2n) is 25.7. The van der Waals surface area contributed by atoms with Gasteiger partial charge in [-0.05, 0) is 150 Å². The van der Waals surface area contributed by atoms with E-state index in [0.717, 1.165) is 102 Å². The van der Waals surface area contributed by atoms with Crippen LogP contribution in [0.5, 0.6) is 0 Å². The minimum Gasteiger partial charge on any atom is -0.393 e. The number of urea groups is 1. The zero-order chi connectivity index (χ0) is 56.8. The third kappa shape index (κ3) is 13.2. The van der Waals surface area contributed by atoms with Crippen LogP contribution in [0.15, 0.2) is 77.4 Å². The molecule has 2 saturated carbocycles. The maximum Gasteiger partial charge on any atom is 0.315 e. The zero-order valence-corrected chi connectivity index (χ0v) is 49.4. The molecule has 6 amide bonds. The molecule has 0 radical (unpaired) electrons. The first-order chi connectivity index (χ1) is 39.1. The number of ether oxygens (including phenoxy) is 1. The standard InChI is InChI=1S/C65H91N7O8S/c1-40-35-54-59(42(3)65(80-54)30-28-48-49-26-25-46-36-47(73)27-29-64(46,4)51(49)37-50(48)41(65)2)72(38-40)34-33-68-62(78)52(69-61(77)45-23-21-44(22-24-45)60(76)43-15-7-5-8-16-43)17-12-14-32-67-56(74)19-9-6-13-31-66-57(75)20-11-10-18-55-58-53(39-81-55)70-63(79)71-58/h5,7-8,15-16,21-25,40,42,47-49,51-55,58-59,73H,6,9-14,17-20,26-39H2,1-4H3,(H,66,75)(H,67,74)(H,68,78)(H,69,77)(H2,70,71,79)/t40-,42+,47-,48-,49-,51-,52?,53-,54+,55?,58-,59-,64-,65-/m0/s1. The number of likely N-dealkylation sites (tertiary alicyclic amines) is 1. The third-order valence-electron chi connectivity index (χ3n) is 20.6. The molecule has 2 unspecified atom stereocenters. The maximum atomic E-state index is 14.2. The summed E-state index contributed by atoms with van der Waals surface area (Å²) >= 11 is 1.89. The van der Waals surface area contributed by atoms with E-state index in [0.29, 0.717) is 104 Å². The van der Waals surface area contributed by atoms with E-state index in [2.05, 4.69) is 70.6 Å². The molecule has 0 aromatic heterocycles. The second kappa shape index (κ2) is 26.3. The number of nitrogens with zero attached hydrogens (tertiary/aromatic N) is 1. The molecule has 10 rings (SSSR count). The number of carbonyl (C=O) groups excluding carboxylic acids is 6. The SMILES string of the molecule is CC1=C2C[C@H]3[C@@H](CC=C4C[C@@H](O)CC[C@@]43C)[C@@H]2CC[C@]12O[C@@H]1C[C@H](C)CN(CCNC(=O)C(CCCCNC(=O)CCCCCNC(=O)CCCCC3SC[C@@H]4NC(=O)N[C@H]34)NC(=O)c3ccc(C(=O)c4ccccc4)cc3)[C@H]1[C@H]2C. The number of carbonyl (C=O) groups is 6. The van der Waals surface area contributed by atoms with Crippen molar-refractivity contribution >= 4 is 47.2 Å². The minimum absolute atomic E-state index is 0.0274. The van der Waals surface area contributed by atoms with Gasteiger partial charge in [0.1, 0.15) is 6.04 Å². The average molecular weight is 1130 g/mol.